The number of anilines is 1. The van der Waals surface area contributed by atoms with E-state index in [4.69, 9.17) is 5.11 Å². The average molecular weight is 223 g/mol. The Hall–Kier alpha value is -1.65. The summed E-state index contributed by atoms with van der Waals surface area (Å²) < 4.78 is 0. The number of carboxylic acids is 1. The largest absolute Gasteiger partial charge is 0.477 e. The topological polar surface area (TPSA) is 66.3 Å². The minimum absolute atomic E-state index is 0.0431. The molecule has 0 atom stereocenters. The van der Waals surface area contributed by atoms with Crippen LogP contribution in [0.2, 0.25) is 0 Å². The third kappa shape index (κ3) is 2.68. The molecule has 0 bridgehead atoms. The van der Waals surface area contributed by atoms with Crippen LogP contribution in [0, 0.1) is 6.92 Å². The zero-order valence-corrected chi connectivity index (χ0v) is 10.1. The average Bonchev–Trinajstić information content (AvgIpc) is 2.17. The molecule has 1 heterocycles. The van der Waals surface area contributed by atoms with Crippen molar-refractivity contribution in [3.05, 3.63) is 17.5 Å². The van der Waals surface area contributed by atoms with Gasteiger partial charge in [0.1, 0.15) is 0 Å². The normalized spacial score (nSPS) is 10.6. The second-order valence-corrected chi connectivity index (χ2v) is 3.88. The molecule has 1 aromatic rings. The van der Waals surface area contributed by atoms with Crippen molar-refractivity contribution in [2.75, 3.05) is 11.4 Å². The van der Waals surface area contributed by atoms with Gasteiger partial charge in [0, 0.05) is 18.3 Å². The first-order chi connectivity index (χ1) is 7.45. The predicted molar refractivity (Wildman–Crippen MR) is 61.9 cm³/mol. The molecule has 0 aliphatic rings. The van der Waals surface area contributed by atoms with Crippen LogP contribution in [0.25, 0.3) is 0 Å². The molecule has 0 unspecified atom stereocenters. The first-order valence-electron chi connectivity index (χ1n) is 5.31. The van der Waals surface area contributed by atoms with E-state index in [1.807, 2.05) is 25.7 Å². The molecule has 5 nitrogen and oxygen atoms in total. The van der Waals surface area contributed by atoms with E-state index in [0.29, 0.717) is 11.6 Å². The van der Waals surface area contributed by atoms with Crippen LogP contribution in [0.5, 0.6) is 0 Å². The van der Waals surface area contributed by atoms with Gasteiger partial charge >= 0.3 is 5.97 Å². The van der Waals surface area contributed by atoms with Gasteiger partial charge in [-0.1, -0.05) is 0 Å². The Morgan fingerprint density at radius 2 is 2.12 bits per heavy atom. The van der Waals surface area contributed by atoms with E-state index < -0.39 is 5.97 Å². The zero-order valence-electron chi connectivity index (χ0n) is 10.1. The standard InChI is InChI=1S/C11H17N3O2/c1-5-14(7(2)3)11-12-8(4)6-9(13-11)10(15)16/h6-7H,5H2,1-4H3,(H,15,16). The Bertz CT molecular complexity index is 391. The minimum Gasteiger partial charge on any atom is -0.477 e. The van der Waals surface area contributed by atoms with Crippen LogP contribution in [-0.4, -0.2) is 33.6 Å². The van der Waals surface area contributed by atoms with E-state index >= 15 is 0 Å². The SMILES string of the molecule is CCN(c1nc(C)cc(C(=O)O)n1)C(C)C. The lowest BCUT2D eigenvalue weighted by molar-refractivity contribution is 0.0690. The molecule has 0 fully saturated rings. The number of aromatic carboxylic acids is 1. The van der Waals surface area contributed by atoms with Crippen LogP contribution in [-0.2, 0) is 0 Å². The Balaban J connectivity index is 3.17. The summed E-state index contributed by atoms with van der Waals surface area (Å²) in [5, 5.41) is 8.92. The first kappa shape index (κ1) is 12.4. The summed E-state index contributed by atoms with van der Waals surface area (Å²) in [5.74, 6) is -0.540. The number of hydrogen-bond acceptors (Lipinski definition) is 4. The number of nitrogens with zero attached hydrogens (tertiary/aromatic N) is 3. The third-order valence-electron chi connectivity index (χ3n) is 2.28. The molecule has 0 aliphatic heterocycles. The molecular formula is C11H17N3O2. The highest BCUT2D eigenvalue weighted by molar-refractivity contribution is 5.85. The zero-order chi connectivity index (χ0) is 12.3. The van der Waals surface area contributed by atoms with Gasteiger partial charge in [0.05, 0.1) is 0 Å². The van der Waals surface area contributed by atoms with Crippen molar-refractivity contribution in [2.24, 2.45) is 0 Å². The monoisotopic (exact) mass is 223 g/mol. The Labute approximate surface area is 95.1 Å². The summed E-state index contributed by atoms with van der Waals surface area (Å²) in [5.41, 5.74) is 0.711. The molecule has 5 heteroatoms. The van der Waals surface area contributed by atoms with Crippen molar-refractivity contribution < 1.29 is 9.90 Å². The van der Waals surface area contributed by atoms with E-state index in [-0.39, 0.29) is 11.7 Å². The van der Waals surface area contributed by atoms with Gasteiger partial charge in [0.15, 0.2) is 5.69 Å². The van der Waals surface area contributed by atoms with E-state index in [1.165, 1.54) is 6.07 Å². The molecule has 0 aromatic carbocycles. The molecule has 1 rings (SSSR count). The van der Waals surface area contributed by atoms with Crippen molar-refractivity contribution in [1.29, 1.82) is 0 Å². The maximum Gasteiger partial charge on any atom is 0.354 e. The summed E-state index contributed by atoms with van der Waals surface area (Å²) in [7, 11) is 0. The summed E-state index contributed by atoms with van der Waals surface area (Å²) >= 11 is 0. The molecule has 0 aliphatic carbocycles. The minimum atomic E-state index is -1.02. The fraction of sp³-hybridized carbons (Fsp3) is 0.545. The van der Waals surface area contributed by atoms with Gasteiger partial charge in [-0.3, -0.25) is 0 Å². The predicted octanol–water partition coefficient (Wildman–Crippen LogP) is 1.72. The van der Waals surface area contributed by atoms with Gasteiger partial charge in [-0.15, -0.1) is 0 Å². The van der Waals surface area contributed by atoms with Gasteiger partial charge in [-0.2, -0.15) is 0 Å². The number of carboxylic acid groups (broad SMARTS) is 1. The maximum absolute atomic E-state index is 10.9. The second-order valence-electron chi connectivity index (χ2n) is 3.88. The molecule has 1 aromatic heterocycles. The third-order valence-corrected chi connectivity index (χ3v) is 2.28. The van der Waals surface area contributed by atoms with Crippen LogP contribution in [0.15, 0.2) is 6.07 Å². The van der Waals surface area contributed by atoms with Gasteiger partial charge in [0.25, 0.3) is 0 Å². The Morgan fingerprint density at radius 3 is 2.56 bits per heavy atom. The van der Waals surface area contributed by atoms with Crippen molar-refractivity contribution in [2.45, 2.75) is 33.7 Å². The fourth-order valence-electron chi connectivity index (χ4n) is 1.53. The molecule has 0 saturated heterocycles. The van der Waals surface area contributed by atoms with Crippen LogP contribution in [0.3, 0.4) is 0 Å². The fourth-order valence-corrected chi connectivity index (χ4v) is 1.53. The number of hydrogen-bond donors (Lipinski definition) is 1. The Morgan fingerprint density at radius 1 is 1.50 bits per heavy atom. The van der Waals surface area contributed by atoms with Crippen LogP contribution in [0.1, 0.15) is 37.0 Å². The van der Waals surface area contributed by atoms with Crippen molar-refractivity contribution >= 4 is 11.9 Å². The highest BCUT2D eigenvalue weighted by Crippen LogP contribution is 2.13. The summed E-state index contributed by atoms with van der Waals surface area (Å²) in [4.78, 5) is 21.1. The molecule has 0 spiro atoms. The highest BCUT2D eigenvalue weighted by atomic mass is 16.4. The first-order valence-corrected chi connectivity index (χ1v) is 5.31. The lowest BCUT2D eigenvalue weighted by Gasteiger charge is -2.25. The lowest BCUT2D eigenvalue weighted by Crippen LogP contribution is -2.32. The van der Waals surface area contributed by atoms with Gasteiger partial charge in [-0.05, 0) is 33.8 Å². The number of rotatable bonds is 4. The highest BCUT2D eigenvalue weighted by Gasteiger charge is 2.15. The van der Waals surface area contributed by atoms with Gasteiger partial charge in [0.2, 0.25) is 5.95 Å². The molecular weight excluding hydrogens is 206 g/mol. The van der Waals surface area contributed by atoms with Crippen LogP contribution < -0.4 is 4.90 Å². The van der Waals surface area contributed by atoms with Crippen molar-refractivity contribution in [3.63, 3.8) is 0 Å². The lowest BCUT2D eigenvalue weighted by atomic mass is 10.3. The quantitative estimate of drug-likeness (QED) is 0.841. The van der Waals surface area contributed by atoms with Gasteiger partial charge in [-0.25, -0.2) is 14.8 Å². The second kappa shape index (κ2) is 4.92. The molecule has 88 valence electrons. The number of aryl methyl sites for hydroxylation is 1. The molecule has 1 N–H and O–H groups in total. The molecule has 0 amide bonds. The number of carbonyl (C=O) groups is 1. The molecule has 0 radical (unpaired) electrons. The molecule has 0 saturated carbocycles. The van der Waals surface area contributed by atoms with E-state index in [1.54, 1.807) is 6.92 Å². The van der Waals surface area contributed by atoms with Crippen molar-refractivity contribution in [1.82, 2.24) is 9.97 Å². The maximum atomic E-state index is 10.9. The molecule has 16 heavy (non-hydrogen) atoms. The Kier molecular flexibility index (Phi) is 3.82. The van der Waals surface area contributed by atoms with E-state index in [0.717, 1.165) is 6.54 Å². The van der Waals surface area contributed by atoms with Gasteiger partial charge < -0.3 is 10.0 Å². The summed E-state index contributed by atoms with van der Waals surface area (Å²) in [6.45, 7) is 8.56. The summed E-state index contributed by atoms with van der Waals surface area (Å²) in [6, 6.07) is 1.72. The van der Waals surface area contributed by atoms with Crippen LogP contribution >= 0.6 is 0 Å². The summed E-state index contributed by atoms with van der Waals surface area (Å²) in [6.07, 6.45) is 0. The number of aromatic nitrogens is 2. The van der Waals surface area contributed by atoms with Crippen molar-refractivity contribution in [3.8, 4) is 0 Å². The van der Waals surface area contributed by atoms with Crippen LogP contribution in [0.4, 0.5) is 5.95 Å². The smallest absolute Gasteiger partial charge is 0.354 e. The van der Waals surface area contributed by atoms with E-state index in [9.17, 15) is 4.79 Å². The van der Waals surface area contributed by atoms with E-state index in [2.05, 4.69) is 9.97 Å².